The number of carbonyl (C=O) groups is 1. The Morgan fingerprint density at radius 1 is 1.53 bits per heavy atom. The van der Waals surface area contributed by atoms with Gasteiger partial charge < -0.3 is 5.11 Å². The van der Waals surface area contributed by atoms with E-state index >= 15 is 0 Å². The van der Waals surface area contributed by atoms with E-state index in [4.69, 9.17) is 5.11 Å². The molecule has 0 amide bonds. The highest BCUT2D eigenvalue weighted by molar-refractivity contribution is 7.92. The van der Waals surface area contributed by atoms with Crippen molar-refractivity contribution >= 4 is 18.3 Å². The van der Waals surface area contributed by atoms with Gasteiger partial charge in [0.25, 0.3) is 0 Å². The zero-order chi connectivity index (χ0) is 10.6. The molecule has 3 rings (SSSR count). The minimum absolute atomic E-state index is 0.0156. The Morgan fingerprint density at radius 3 is 2.93 bits per heavy atom. The summed E-state index contributed by atoms with van der Waals surface area (Å²) in [5.74, 6) is 0.178. The summed E-state index contributed by atoms with van der Waals surface area (Å²) in [6.45, 7) is 0. The first kappa shape index (κ1) is 9.21. The number of halogens is 1. The molecule has 2 aliphatic rings. The fourth-order valence-electron chi connectivity index (χ4n) is 2.43. The molecule has 0 saturated heterocycles. The van der Waals surface area contributed by atoms with Crippen molar-refractivity contribution in [3.05, 3.63) is 17.0 Å². The van der Waals surface area contributed by atoms with E-state index < -0.39 is 5.97 Å². The molecule has 1 heterocycles. The van der Waals surface area contributed by atoms with Gasteiger partial charge in [-0.2, -0.15) is 9.19 Å². The highest BCUT2D eigenvalue weighted by Crippen LogP contribution is 2.49. The normalized spacial score (nSPS) is 27.0. The molecule has 0 spiro atoms. The van der Waals surface area contributed by atoms with Gasteiger partial charge in [0.15, 0.2) is 18.0 Å². The molecule has 1 saturated carbocycles. The summed E-state index contributed by atoms with van der Waals surface area (Å²) in [7, 11) is 0. The molecule has 6 heteroatoms. The number of hydrogen-bond donors (Lipinski definition) is 1. The molecule has 1 aromatic heterocycles. The van der Waals surface area contributed by atoms with Crippen LogP contribution in [0.1, 0.15) is 28.2 Å². The van der Waals surface area contributed by atoms with Gasteiger partial charge in [0, 0.05) is 5.56 Å². The Balaban J connectivity index is 2.11. The number of carboxylic acid groups (broad SMARTS) is 1. The summed E-state index contributed by atoms with van der Waals surface area (Å²) < 4.78 is 13.7. The van der Waals surface area contributed by atoms with Gasteiger partial charge in [-0.3, -0.25) is 0 Å². The lowest BCUT2D eigenvalue weighted by Crippen LogP contribution is -2.09. The van der Waals surface area contributed by atoms with Crippen molar-refractivity contribution in [2.24, 2.45) is 11.8 Å². The van der Waals surface area contributed by atoms with Crippen LogP contribution in [-0.2, 0) is 12.8 Å². The summed E-state index contributed by atoms with van der Waals surface area (Å²) in [5.41, 5.74) is 1.53. The minimum Gasteiger partial charge on any atom is -0.476 e. The Hall–Kier alpha value is -1.04. The minimum atomic E-state index is -1.06. The first-order chi connectivity index (χ1) is 7.20. The highest BCUT2D eigenvalue weighted by atomic mass is 32.2. The fourth-order valence-corrected chi connectivity index (χ4v) is 2.81. The molecular formula is C9H9FN2O2S. The van der Waals surface area contributed by atoms with E-state index in [1.54, 1.807) is 0 Å². The van der Waals surface area contributed by atoms with Crippen molar-refractivity contribution in [2.75, 3.05) is 0 Å². The lowest BCUT2D eigenvalue weighted by atomic mass is 9.96. The second-order valence-electron chi connectivity index (χ2n) is 4.19. The van der Waals surface area contributed by atoms with Crippen molar-refractivity contribution in [1.29, 1.82) is 0 Å². The zero-order valence-electron chi connectivity index (χ0n) is 7.81. The van der Waals surface area contributed by atoms with Crippen LogP contribution >= 0.6 is 12.3 Å². The fraction of sp³-hybridized carbons (Fsp3) is 0.556. The van der Waals surface area contributed by atoms with Gasteiger partial charge in [0.2, 0.25) is 0 Å². The molecule has 0 aliphatic heterocycles. The quantitative estimate of drug-likeness (QED) is 0.837. The second-order valence-corrected chi connectivity index (χ2v) is 4.67. The van der Waals surface area contributed by atoms with Crippen molar-refractivity contribution in [3.63, 3.8) is 0 Å². The topological polar surface area (TPSA) is 55.1 Å². The Labute approximate surface area is 89.9 Å². The van der Waals surface area contributed by atoms with Gasteiger partial charge in [0.05, 0.1) is 5.69 Å². The molecule has 2 aliphatic carbocycles. The van der Waals surface area contributed by atoms with Crippen molar-refractivity contribution in [3.8, 4) is 0 Å². The number of carboxylic acids is 1. The lowest BCUT2D eigenvalue weighted by Gasteiger charge is -2.10. The van der Waals surface area contributed by atoms with Gasteiger partial charge in [-0.25, -0.2) is 4.79 Å². The van der Waals surface area contributed by atoms with Gasteiger partial charge >= 0.3 is 5.97 Å². The first-order valence-electron chi connectivity index (χ1n) is 4.84. The maximum Gasteiger partial charge on any atom is 0.356 e. The molecular weight excluding hydrogens is 219 g/mol. The second kappa shape index (κ2) is 2.98. The zero-order valence-corrected chi connectivity index (χ0v) is 8.63. The summed E-state index contributed by atoms with van der Waals surface area (Å²) in [6, 6.07) is 0. The van der Waals surface area contributed by atoms with Crippen LogP contribution in [-0.4, -0.2) is 20.3 Å². The van der Waals surface area contributed by atoms with Crippen LogP contribution in [0.15, 0.2) is 0 Å². The molecule has 15 heavy (non-hydrogen) atoms. The molecule has 1 fully saturated rings. The van der Waals surface area contributed by atoms with Crippen LogP contribution in [0.3, 0.4) is 0 Å². The number of fused-ring (bicyclic) bond motifs is 2. The number of aromatic carboxylic acids is 1. The van der Waals surface area contributed by atoms with E-state index in [2.05, 4.69) is 5.10 Å². The molecule has 2 unspecified atom stereocenters. The average molecular weight is 228 g/mol. The Morgan fingerprint density at radius 2 is 2.27 bits per heavy atom. The van der Waals surface area contributed by atoms with E-state index in [1.165, 1.54) is 0 Å². The predicted octanol–water partition coefficient (Wildman–Crippen LogP) is 1.70. The maximum atomic E-state index is 12.6. The lowest BCUT2D eigenvalue weighted by molar-refractivity contribution is 0.0689. The standard InChI is InChI=1S/C9H9FN2O2S/c10-15-12-7-3-5-1-4(5)2-6(7)8(11-12)9(13)14/h4-5H,1-3H2,(H,13,14). The third-order valence-corrected chi connectivity index (χ3v) is 3.75. The van der Waals surface area contributed by atoms with E-state index in [-0.39, 0.29) is 18.0 Å². The summed E-state index contributed by atoms with van der Waals surface area (Å²) in [6.07, 6.45) is 2.67. The Kier molecular flexibility index (Phi) is 1.83. The largest absolute Gasteiger partial charge is 0.476 e. The third kappa shape index (κ3) is 1.27. The van der Waals surface area contributed by atoms with Crippen LogP contribution in [0.4, 0.5) is 3.89 Å². The maximum absolute atomic E-state index is 12.6. The van der Waals surface area contributed by atoms with Crippen LogP contribution in [0.2, 0.25) is 0 Å². The number of hydrogen-bond acceptors (Lipinski definition) is 3. The number of rotatable bonds is 2. The van der Waals surface area contributed by atoms with Crippen molar-refractivity contribution < 1.29 is 13.8 Å². The van der Waals surface area contributed by atoms with Crippen LogP contribution < -0.4 is 0 Å². The molecule has 80 valence electrons. The summed E-state index contributed by atoms with van der Waals surface area (Å²) in [5, 5.41) is 12.7. The van der Waals surface area contributed by atoms with E-state index in [0.717, 1.165) is 34.6 Å². The summed E-state index contributed by atoms with van der Waals surface area (Å²) >= 11 is -0.0156. The monoisotopic (exact) mass is 228 g/mol. The molecule has 0 aromatic carbocycles. The highest BCUT2D eigenvalue weighted by Gasteiger charge is 2.44. The first-order valence-corrected chi connectivity index (χ1v) is 5.51. The van der Waals surface area contributed by atoms with Crippen molar-refractivity contribution in [1.82, 2.24) is 9.19 Å². The van der Waals surface area contributed by atoms with Crippen LogP contribution in [0.25, 0.3) is 0 Å². The van der Waals surface area contributed by atoms with Gasteiger partial charge in [-0.1, -0.05) is 0 Å². The summed E-state index contributed by atoms with van der Waals surface area (Å²) in [4.78, 5) is 10.9. The average Bonchev–Trinajstić information content (AvgIpc) is 2.86. The van der Waals surface area contributed by atoms with E-state index in [0.29, 0.717) is 11.8 Å². The molecule has 0 bridgehead atoms. The van der Waals surface area contributed by atoms with Crippen LogP contribution in [0.5, 0.6) is 0 Å². The van der Waals surface area contributed by atoms with Crippen molar-refractivity contribution in [2.45, 2.75) is 19.3 Å². The SMILES string of the molecule is O=C(O)c1nn(SF)c2c1CC1CC1C2. The Bertz CT molecular complexity index is 446. The molecule has 2 atom stereocenters. The van der Waals surface area contributed by atoms with E-state index in [9.17, 15) is 8.68 Å². The number of nitrogens with zero attached hydrogens (tertiary/aromatic N) is 2. The molecule has 4 nitrogen and oxygen atoms in total. The third-order valence-electron chi connectivity index (χ3n) is 3.31. The van der Waals surface area contributed by atoms with Gasteiger partial charge in [-0.05, 0) is 31.1 Å². The van der Waals surface area contributed by atoms with E-state index in [1.807, 2.05) is 0 Å². The molecule has 1 N–H and O–H groups in total. The molecule has 1 aromatic rings. The number of aromatic nitrogens is 2. The van der Waals surface area contributed by atoms with Crippen LogP contribution in [0, 0.1) is 11.8 Å². The molecule has 0 radical (unpaired) electrons. The smallest absolute Gasteiger partial charge is 0.356 e. The van der Waals surface area contributed by atoms with Gasteiger partial charge in [-0.15, -0.1) is 3.89 Å². The van der Waals surface area contributed by atoms with Gasteiger partial charge in [0.1, 0.15) is 0 Å². The predicted molar refractivity (Wildman–Crippen MR) is 52.3 cm³/mol.